The third kappa shape index (κ3) is 3.38. The Morgan fingerprint density at radius 1 is 1.07 bits per heavy atom. The second-order valence-electron chi connectivity index (χ2n) is 9.82. The highest BCUT2D eigenvalue weighted by atomic mass is 16.2. The zero-order valence-electron chi connectivity index (χ0n) is 16.6. The number of ketones is 1. The monoisotopic (exact) mass is 381 g/mol. The molecule has 5 heteroatoms. The zero-order valence-corrected chi connectivity index (χ0v) is 16.6. The van der Waals surface area contributed by atoms with Crippen molar-refractivity contribution in [2.75, 3.05) is 13.1 Å². The quantitative estimate of drug-likeness (QED) is 0.823. The SMILES string of the molecule is O=C(NCc1ccncc1)[C@@H]1CCCN1CC(=O)C12CC3CC(CC(C3)C1)C2. The molecule has 4 saturated carbocycles. The van der Waals surface area contributed by atoms with Gasteiger partial charge in [-0.25, -0.2) is 0 Å². The molecule has 1 atom stereocenters. The second-order valence-corrected chi connectivity index (χ2v) is 9.82. The Kier molecular flexibility index (Phi) is 4.74. The third-order valence-corrected chi connectivity index (χ3v) is 7.86. The van der Waals surface area contributed by atoms with E-state index in [9.17, 15) is 9.59 Å². The molecule has 5 fully saturated rings. The van der Waals surface area contributed by atoms with Gasteiger partial charge < -0.3 is 5.32 Å². The second kappa shape index (κ2) is 7.25. The summed E-state index contributed by atoms with van der Waals surface area (Å²) in [4.78, 5) is 32.4. The van der Waals surface area contributed by atoms with Crippen molar-refractivity contribution in [1.82, 2.24) is 15.2 Å². The normalized spacial score (nSPS) is 36.6. The summed E-state index contributed by atoms with van der Waals surface area (Å²) >= 11 is 0. The highest BCUT2D eigenvalue weighted by Gasteiger charge is 2.54. The first kappa shape index (κ1) is 18.3. The van der Waals surface area contributed by atoms with Gasteiger partial charge in [-0.3, -0.25) is 19.5 Å². The van der Waals surface area contributed by atoms with Gasteiger partial charge >= 0.3 is 0 Å². The minimum Gasteiger partial charge on any atom is -0.351 e. The van der Waals surface area contributed by atoms with E-state index in [4.69, 9.17) is 0 Å². The van der Waals surface area contributed by atoms with Gasteiger partial charge in [0.05, 0.1) is 12.6 Å². The molecule has 5 nitrogen and oxygen atoms in total. The van der Waals surface area contributed by atoms with Crippen LogP contribution >= 0.6 is 0 Å². The topological polar surface area (TPSA) is 62.3 Å². The smallest absolute Gasteiger partial charge is 0.237 e. The molecular weight excluding hydrogens is 350 g/mol. The van der Waals surface area contributed by atoms with E-state index in [1.165, 1.54) is 19.3 Å². The lowest BCUT2D eigenvalue weighted by Gasteiger charge is -2.56. The minimum atomic E-state index is -0.153. The van der Waals surface area contributed by atoms with E-state index in [1.807, 2.05) is 12.1 Å². The fourth-order valence-electron chi connectivity index (χ4n) is 6.92. The van der Waals surface area contributed by atoms with Crippen molar-refractivity contribution in [1.29, 1.82) is 0 Å². The number of hydrogen-bond acceptors (Lipinski definition) is 4. The van der Waals surface area contributed by atoms with Gasteiger partial charge in [0.1, 0.15) is 0 Å². The Morgan fingerprint density at radius 2 is 1.71 bits per heavy atom. The first-order valence-electron chi connectivity index (χ1n) is 11.1. The first-order valence-corrected chi connectivity index (χ1v) is 11.1. The van der Waals surface area contributed by atoms with Crippen molar-refractivity contribution < 1.29 is 9.59 Å². The molecule has 1 aromatic heterocycles. The van der Waals surface area contributed by atoms with Gasteiger partial charge in [0.2, 0.25) is 5.91 Å². The molecule has 4 bridgehead atoms. The van der Waals surface area contributed by atoms with Crippen LogP contribution in [0, 0.1) is 23.2 Å². The fraction of sp³-hybridized carbons (Fsp3) is 0.696. The number of pyridine rings is 1. The average Bonchev–Trinajstić information content (AvgIpc) is 3.14. The summed E-state index contributed by atoms with van der Waals surface area (Å²) in [7, 11) is 0. The molecule has 0 unspecified atom stereocenters. The van der Waals surface area contributed by atoms with E-state index in [-0.39, 0.29) is 17.4 Å². The predicted molar refractivity (Wildman–Crippen MR) is 106 cm³/mol. The lowest BCUT2D eigenvalue weighted by Crippen LogP contribution is -2.53. The Bertz CT molecular complexity index is 712. The van der Waals surface area contributed by atoms with Crippen LogP contribution < -0.4 is 5.32 Å². The van der Waals surface area contributed by atoms with E-state index in [2.05, 4.69) is 15.2 Å². The van der Waals surface area contributed by atoms with E-state index < -0.39 is 0 Å². The Labute approximate surface area is 167 Å². The Morgan fingerprint density at radius 3 is 2.36 bits per heavy atom. The molecule has 0 spiro atoms. The molecule has 1 saturated heterocycles. The summed E-state index contributed by atoms with van der Waals surface area (Å²) in [6.07, 6.45) is 12.8. The van der Waals surface area contributed by atoms with Gasteiger partial charge in [-0.1, -0.05) is 0 Å². The van der Waals surface area contributed by atoms with E-state index in [0.717, 1.165) is 62.0 Å². The third-order valence-electron chi connectivity index (χ3n) is 7.86. The molecule has 0 radical (unpaired) electrons. The Hall–Kier alpha value is -1.75. The number of carbonyl (C=O) groups is 2. The molecule has 1 N–H and O–H groups in total. The number of nitrogens with zero attached hydrogens (tertiary/aromatic N) is 2. The maximum Gasteiger partial charge on any atom is 0.237 e. The summed E-state index contributed by atoms with van der Waals surface area (Å²) in [6, 6.07) is 3.69. The van der Waals surface area contributed by atoms with E-state index in [0.29, 0.717) is 18.9 Å². The number of hydrogen-bond donors (Lipinski definition) is 1. The summed E-state index contributed by atoms with van der Waals surface area (Å²) in [5, 5.41) is 3.06. The number of Topliss-reactive ketones (excluding diaryl/α,β-unsaturated/α-hetero) is 1. The molecule has 2 heterocycles. The average molecular weight is 382 g/mol. The maximum absolute atomic E-state index is 13.4. The van der Waals surface area contributed by atoms with Crippen LogP contribution in [0.15, 0.2) is 24.5 Å². The number of amides is 1. The van der Waals surface area contributed by atoms with Gasteiger partial charge in [0.15, 0.2) is 5.78 Å². The zero-order chi connectivity index (χ0) is 19.1. The van der Waals surface area contributed by atoms with Crippen LogP contribution in [0.1, 0.15) is 56.9 Å². The molecule has 0 aromatic carbocycles. The van der Waals surface area contributed by atoms with Gasteiger partial charge in [0.25, 0.3) is 0 Å². The molecule has 4 aliphatic carbocycles. The largest absolute Gasteiger partial charge is 0.351 e. The molecule has 6 rings (SSSR count). The van der Waals surface area contributed by atoms with Crippen LogP contribution in [0.25, 0.3) is 0 Å². The molecular formula is C23H31N3O2. The number of rotatable bonds is 6. The van der Waals surface area contributed by atoms with Crippen LogP contribution in [0.5, 0.6) is 0 Å². The van der Waals surface area contributed by atoms with Crippen molar-refractivity contribution in [2.24, 2.45) is 23.2 Å². The van der Waals surface area contributed by atoms with Crippen LogP contribution in [0.4, 0.5) is 0 Å². The number of aromatic nitrogens is 1. The molecule has 1 amide bonds. The summed E-state index contributed by atoms with van der Waals surface area (Å²) in [5.74, 6) is 2.85. The lowest BCUT2D eigenvalue weighted by molar-refractivity contribution is -0.145. The van der Waals surface area contributed by atoms with Gasteiger partial charge in [-0.15, -0.1) is 0 Å². The van der Waals surface area contributed by atoms with Crippen molar-refractivity contribution in [3.8, 4) is 0 Å². The van der Waals surface area contributed by atoms with Crippen molar-refractivity contribution in [2.45, 2.75) is 64.0 Å². The van der Waals surface area contributed by atoms with E-state index >= 15 is 0 Å². The summed E-state index contributed by atoms with van der Waals surface area (Å²) < 4.78 is 0. The fourth-order valence-corrected chi connectivity index (χ4v) is 6.92. The van der Waals surface area contributed by atoms with Crippen LogP contribution in [-0.4, -0.2) is 40.7 Å². The predicted octanol–water partition coefficient (Wildman–Crippen LogP) is 2.95. The van der Waals surface area contributed by atoms with E-state index in [1.54, 1.807) is 12.4 Å². The van der Waals surface area contributed by atoms with Gasteiger partial charge in [0, 0.05) is 24.4 Å². The number of likely N-dealkylation sites (tertiary alicyclic amines) is 1. The standard InChI is InChI=1S/C23H31N3O2/c27-21(23-11-17-8-18(12-23)10-19(9-17)13-23)15-26-7-1-2-20(26)22(28)25-14-16-3-5-24-6-4-16/h3-6,17-20H,1-2,7-15H2,(H,25,28)/t17?,18?,19?,20-,23?/m0/s1. The van der Waals surface area contributed by atoms with Gasteiger partial charge in [-0.2, -0.15) is 0 Å². The first-order chi connectivity index (χ1) is 13.6. The Balaban J connectivity index is 1.21. The summed E-state index contributed by atoms with van der Waals surface area (Å²) in [5.41, 5.74) is 0.993. The molecule has 1 aromatic rings. The minimum absolute atomic E-state index is 0.0601. The molecule has 5 aliphatic rings. The molecule has 150 valence electrons. The van der Waals surface area contributed by atoms with Crippen molar-refractivity contribution in [3.05, 3.63) is 30.1 Å². The van der Waals surface area contributed by atoms with Crippen LogP contribution in [0.2, 0.25) is 0 Å². The number of nitrogens with one attached hydrogen (secondary N) is 1. The summed E-state index contributed by atoms with van der Waals surface area (Å²) in [6.45, 7) is 1.86. The van der Waals surface area contributed by atoms with Crippen molar-refractivity contribution in [3.63, 3.8) is 0 Å². The number of carbonyl (C=O) groups excluding carboxylic acids is 2. The molecule has 1 aliphatic heterocycles. The lowest BCUT2D eigenvalue weighted by atomic mass is 9.48. The van der Waals surface area contributed by atoms with Crippen LogP contribution in [-0.2, 0) is 16.1 Å². The molecule has 28 heavy (non-hydrogen) atoms. The van der Waals surface area contributed by atoms with Crippen LogP contribution in [0.3, 0.4) is 0 Å². The highest BCUT2D eigenvalue weighted by Crippen LogP contribution is 2.60. The highest BCUT2D eigenvalue weighted by molar-refractivity contribution is 5.88. The van der Waals surface area contributed by atoms with Crippen molar-refractivity contribution >= 4 is 11.7 Å². The van der Waals surface area contributed by atoms with Gasteiger partial charge in [-0.05, 0) is 93.4 Å². The maximum atomic E-state index is 13.4.